The highest BCUT2D eigenvalue weighted by molar-refractivity contribution is 6.39. The van der Waals surface area contributed by atoms with E-state index in [2.05, 4.69) is 0 Å². The number of hydrogen-bond donors (Lipinski definition) is 0. The molecule has 0 aromatic heterocycles. The van der Waals surface area contributed by atoms with E-state index in [0.29, 0.717) is 0 Å². The predicted octanol–water partition coefficient (Wildman–Crippen LogP) is 3.55. The number of ether oxygens (including phenoxy) is 1. The molecule has 0 fully saturated rings. The third-order valence-electron chi connectivity index (χ3n) is 5.42. The van der Waals surface area contributed by atoms with Crippen LogP contribution in [0.4, 0.5) is 5.69 Å². The van der Waals surface area contributed by atoms with Crippen molar-refractivity contribution < 1.29 is 28.7 Å². The smallest absolute Gasteiger partial charge is 0.339 e. The highest BCUT2D eigenvalue weighted by atomic mass is 35.5. The monoisotopic (exact) mass is 460 g/mol. The maximum absolute atomic E-state index is 12.9. The Morgan fingerprint density at radius 3 is 1.97 bits per heavy atom. The molecule has 2 aliphatic rings. The second kappa shape index (κ2) is 7.68. The number of hydrogen-bond acceptors (Lipinski definition) is 6. The average Bonchev–Trinajstić information content (AvgIpc) is 3.22. The Morgan fingerprint density at radius 2 is 1.30 bits per heavy atom. The summed E-state index contributed by atoms with van der Waals surface area (Å²) in [6.07, 6.45) is 0. The molecule has 2 aliphatic heterocycles. The van der Waals surface area contributed by atoms with Gasteiger partial charge in [-0.05, 0) is 42.5 Å². The molecule has 0 atom stereocenters. The highest BCUT2D eigenvalue weighted by Crippen LogP contribution is 2.33. The summed E-state index contributed by atoms with van der Waals surface area (Å²) < 4.78 is 5.15. The SMILES string of the molecule is O=C(OCN1C(=O)c2ccccc2C1=O)c1ccc2c(c1)C(=O)N(c1ccccc1Cl)C2=O. The van der Waals surface area contributed by atoms with Gasteiger partial charge in [0.1, 0.15) is 0 Å². The Balaban J connectivity index is 1.35. The van der Waals surface area contributed by atoms with E-state index in [1.54, 1.807) is 36.4 Å². The van der Waals surface area contributed by atoms with E-state index in [1.165, 1.54) is 30.3 Å². The van der Waals surface area contributed by atoms with Crippen LogP contribution in [0.5, 0.6) is 0 Å². The number of fused-ring (bicyclic) bond motifs is 2. The Kier molecular flexibility index (Phi) is 4.79. The highest BCUT2D eigenvalue weighted by Gasteiger charge is 2.39. The van der Waals surface area contributed by atoms with Gasteiger partial charge in [0, 0.05) is 0 Å². The molecule has 3 aromatic carbocycles. The first-order valence-electron chi connectivity index (χ1n) is 9.78. The van der Waals surface area contributed by atoms with Crippen molar-refractivity contribution >= 4 is 46.9 Å². The van der Waals surface area contributed by atoms with Gasteiger partial charge in [0.05, 0.1) is 38.5 Å². The van der Waals surface area contributed by atoms with Crippen molar-refractivity contribution in [1.82, 2.24) is 4.90 Å². The van der Waals surface area contributed by atoms with Gasteiger partial charge in [0.15, 0.2) is 6.73 Å². The largest absolute Gasteiger partial charge is 0.440 e. The van der Waals surface area contributed by atoms with E-state index in [-0.39, 0.29) is 38.5 Å². The summed E-state index contributed by atoms with van der Waals surface area (Å²) in [5.74, 6) is -3.17. The molecule has 0 radical (unpaired) electrons. The van der Waals surface area contributed by atoms with Gasteiger partial charge in [-0.1, -0.05) is 35.9 Å². The lowest BCUT2D eigenvalue weighted by atomic mass is 10.1. The number of carbonyl (C=O) groups is 5. The fourth-order valence-corrected chi connectivity index (χ4v) is 4.00. The number of amides is 4. The van der Waals surface area contributed by atoms with Crippen LogP contribution in [0.1, 0.15) is 51.8 Å². The van der Waals surface area contributed by atoms with Crippen LogP contribution in [-0.2, 0) is 4.74 Å². The molecule has 33 heavy (non-hydrogen) atoms. The molecule has 0 spiro atoms. The average molecular weight is 461 g/mol. The summed E-state index contributed by atoms with van der Waals surface area (Å²) >= 11 is 6.14. The van der Waals surface area contributed by atoms with E-state index in [0.717, 1.165) is 9.80 Å². The third-order valence-corrected chi connectivity index (χ3v) is 5.74. The van der Waals surface area contributed by atoms with Gasteiger partial charge in [-0.3, -0.25) is 19.2 Å². The molecular weight excluding hydrogens is 448 g/mol. The van der Waals surface area contributed by atoms with Gasteiger partial charge in [0.25, 0.3) is 23.6 Å². The number of para-hydroxylation sites is 1. The zero-order valence-corrected chi connectivity index (χ0v) is 17.5. The predicted molar refractivity (Wildman–Crippen MR) is 116 cm³/mol. The molecule has 0 unspecified atom stereocenters. The minimum Gasteiger partial charge on any atom is -0.440 e. The van der Waals surface area contributed by atoms with Crippen molar-refractivity contribution in [2.24, 2.45) is 0 Å². The Morgan fingerprint density at radius 1 is 0.727 bits per heavy atom. The van der Waals surface area contributed by atoms with E-state index in [4.69, 9.17) is 16.3 Å². The second-order valence-corrected chi connectivity index (χ2v) is 7.71. The van der Waals surface area contributed by atoms with Gasteiger partial charge in [-0.25, -0.2) is 14.6 Å². The van der Waals surface area contributed by atoms with Gasteiger partial charge < -0.3 is 4.74 Å². The molecule has 2 heterocycles. The zero-order valence-electron chi connectivity index (χ0n) is 16.8. The number of carbonyl (C=O) groups excluding carboxylic acids is 5. The summed E-state index contributed by atoms with van der Waals surface area (Å²) in [7, 11) is 0. The first kappa shape index (κ1) is 20.6. The molecule has 4 amide bonds. The van der Waals surface area contributed by atoms with Crippen LogP contribution < -0.4 is 4.90 Å². The molecule has 0 saturated carbocycles. The normalized spacial score (nSPS) is 14.6. The molecular formula is C24H13ClN2O6. The lowest BCUT2D eigenvalue weighted by Gasteiger charge is -2.15. The number of rotatable bonds is 4. The standard InChI is InChI=1S/C24H13ClN2O6/c25-18-7-3-4-8-19(18)27-22(30)16-10-9-13(11-17(16)23(27)31)24(32)33-12-26-20(28)14-5-1-2-6-15(14)21(26)29/h1-11H,12H2. The fourth-order valence-electron chi connectivity index (χ4n) is 3.78. The third kappa shape index (κ3) is 3.19. The van der Waals surface area contributed by atoms with Crippen LogP contribution in [0, 0.1) is 0 Å². The summed E-state index contributed by atoms with van der Waals surface area (Å²) in [5, 5.41) is 0.229. The minimum atomic E-state index is -0.856. The molecule has 3 aromatic rings. The summed E-state index contributed by atoms with van der Waals surface area (Å²) in [5.41, 5.74) is 0.847. The van der Waals surface area contributed by atoms with Crippen molar-refractivity contribution in [3.8, 4) is 0 Å². The molecule has 0 N–H and O–H groups in total. The van der Waals surface area contributed by atoms with Crippen LogP contribution in [0.25, 0.3) is 0 Å². The fraction of sp³-hybridized carbons (Fsp3) is 0.0417. The van der Waals surface area contributed by atoms with E-state index in [1.807, 2.05) is 0 Å². The van der Waals surface area contributed by atoms with Crippen molar-refractivity contribution in [2.75, 3.05) is 11.6 Å². The molecule has 5 rings (SSSR count). The van der Waals surface area contributed by atoms with Gasteiger partial charge >= 0.3 is 5.97 Å². The van der Waals surface area contributed by atoms with Gasteiger partial charge in [-0.15, -0.1) is 0 Å². The minimum absolute atomic E-state index is 0.00693. The number of imide groups is 2. The Labute approximate surface area is 191 Å². The lowest BCUT2D eigenvalue weighted by Crippen LogP contribution is -2.33. The molecule has 0 saturated heterocycles. The Hall–Kier alpha value is -4.30. The Bertz CT molecular complexity index is 1360. The van der Waals surface area contributed by atoms with Crippen molar-refractivity contribution in [2.45, 2.75) is 0 Å². The topological polar surface area (TPSA) is 101 Å². The maximum Gasteiger partial charge on any atom is 0.339 e. The zero-order chi connectivity index (χ0) is 23.3. The number of benzene rings is 3. The number of anilines is 1. The first-order valence-corrected chi connectivity index (χ1v) is 10.2. The number of nitrogens with zero attached hydrogens (tertiary/aromatic N) is 2. The number of halogens is 1. The molecule has 162 valence electrons. The second-order valence-electron chi connectivity index (χ2n) is 7.30. The molecule has 9 heteroatoms. The van der Waals surface area contributed by atoms with E-state index >= 15 is 0 Å². The van der Waals surface area contributed by atoms with Gasteiger partial charge in [-0.2, -0.15) is 0 Å². The first-order chi connectivity index (χ1) is 15.9. The summed E-state index contributed by atoms with van der Waals surface area (Å²) in [6, 6.07) is 16.7. The molecule has 0 aliphatic carbocycles. The lowest BCUT2D eigenvalue weighted by molar-refractivity contribution is 0.0227. The van der Waals surface area contributed by atoms with Crippen molar-refractivity contribution in [3.05, 3.63) is 99.6 Å². The van der Waals surface area contributed by atoms with E-state index in [9.17, 15) is 24.0 Å². The van der Waals surface area contributed by atoms with Crippen molar-refractivity contribution in [3.63, 3.8) is 0 Å². The molecule has 8 nitrogen and oxygen atoms in total. The summed E-state index contributed by atoms with van der Waals surface area (Å²) in [6.45, 7) is -0.582. The van der Waals surface area contributed by atoms with E-state index < -0.39 is 36.3 Å². The van der Waals surface area contributed by atoms with Crippen LogP contribution in [0.2, 0.25) is 5.02 Å². The number of esters is 1. The van der Waals surface area contributed by atoms with Crippen LogP contribution in [-0.4, -0.2) is 41.2 Å². The van der Waals surface area contributed by atoms with Crippen molar-refractivity contribution in [1.29, 1.82) is 0 Å². The summed E-state index contributed by atoms with van der Waals surface area (Å²) in [4.78, 5) is 64.8. The van der Waals surface area contributed by atoms with Crippen LogP contribution in [0.3, 0.4) is 0 Å². The van der Waals surface area contributed by atoms with Crippen LogP contribution >= 0.6 is 11.6 Å². The van der Waals surface area contributed by atoms with Gasteiger partial charge in [0.2, 0.25) is 0 Å². The quantitative estimate of drug-likeness (QED) is 0.436. The molecule has 0 bridgehead atoms. The van der Waals surface area contributed by atoms with Crippen LogP contribution in [0.15, 0.2) is 66.7 Å². The maximum atomic E-state index is 12.9.